The van der Waals surface area contributed by atoms with Crippen molar-refractivity contribution in [2.45, 2.75) is 45.2 Å². The van der Waals surface area contributed by atoms with E-state index in [-0.39, 0.29) is 11.9 Å². The third kappa shape index (κ3) is 2.73. The molecule has 106 valence electrons. The summed E-state index contributed by atoms with van der Waals surface area (Å²) >= 11 is 0. The first-order valence-electron chi connectivity index (χ1n) is 6.79. The first-order valence-corrected chi connectivity index (χ1v) is 6.79. The maximum absolute atomic E-state index is 11.8. The predicted molar refractivity (Wildman–Crippen MR) is 72.6 cm³/mol. The Kier molecular flexibility index (Phi) is 4.09. The van der Waals surface area contributed by atoms with Crippen LogP contribution in [0.1, 0.15) is 31.7 Å². The molecule has 0 spiro atoms. The van der Waals surface area contributed by atoms with E-state index in [9.17, 15) is 14.7 Å². The second kappa shape index (κ2) is 5.61. The average molecular weight is 267 g/mol. The van der Waals surface area contributed by atoms with Gasteiger partial charge >= 0.3 is 5.69 Å². The summed E-state index contributed by atoms with van der Waals surface area (Å²) in [6.07, 6.45) is 3.33. The summed E-state index contributed by atoms with van der Waals surface area (Å²) in [6, 6.07) is 0.240. The summed E-state index contributed by atoms with van der Waals surface area (Å²) in [5.41, 5.74) is -0.689. The van der Waals surface area contributed by atoms with Gasteiger partial charge in [-0.15, -0.1) is 0 Å². The molecule has 0 radical (unpaired) electrons. The summed E-state index contributed by atoms with van der Waals surface area (Å²) in [5.74, 6) is -0.170. The van der Waals surface area contributed by atoms with Crippen LogP contribution in [0.2, 0.25) is 0 Å². The van der Waals surface area contributed by atoms with E-state index in [0.29, 0.717) is 18.5 Å². The van der Waals surface area contributed by atoms with Gasteiger partial charge in [-0.3, -0.25) is 14.3 Å². The fourth-order valence-corrected chi connectivity index (χ4v) is 2.67. The Hall–Kier alpha value is -1.56. The van der Waals surface area contributed by atoms with Crippen LogP contribution in [0, 0.1) is 0 Å². The number of likely N-dealkylation sites (tertiary alicyclic amines) is 1. The molecular formula is C13H21N3O3. The van der Waals surface area contributed by atoms with E-state index < -0.39 is 11.2 Å². The molecule has 1 aromatic rings. The molecule has 1 saturated heterocycles. The molecule has 2 N–H and O–H groups in total. The zero-order valence-corrected chi connectivity index (χ0v) is 11.5. The standard InChI is InChI=1S/C13H21N3O3/c1-3-5-10-11(17)14-13(19)16(12(10)18)8-9-6-4-7-15(9)2/h9,18H,3-8H2,1-2H3,(H,14,17,19). The minimum absolute atomic E-state index is 0.170. The van der Waals surface area contributed by atoms with Crippen LogP contribution in [0.25, 0.3) is 0 Å². The average Bonchev–Trinajstić information content (AvgIpc) is 2.76. The van der Waals surface area contributed by atoms with E-state index in [1.807, 2.05) is 14.0 Å². The lowest BCUT2D eigenvalue weighted by Crippen LogP contribution is -2.38. The Morgan fingerprint density at radius 1 is 1.42 bits per heavy atom. The molecule has 6 nitrogen and oxygen atoms in total. The maximum atomic E-state index is 11.8. The predicted octanol–water partition coefficient (Wildman–Crippen LogP) is 0.289. The third-order valence-electron chi connectivity index (χ3n) is 3.83. The van der Waals surface area contributed by atoms with Gasteiger partial charge in [0.2, 0.25) is 5.88 Å². The molecule has 1 aliphatic rings. The van der Waals surface area contributed by atoms with Crippen LogP contribution in [0.5, 0.6) is 5.88 Å². The molecule has 0 aromatic carbocycles. The van der Waals surface area contributed by atoms with Gasteiger partial charge in [-0.05, 0) is 32.9 Å². The Morgan fingerprint density at radius 3 is 2.74 bits per heavy atom. The molecule has 19 heavy (non-hydrogen) atoms. The van der Waals surface area contributed by atoms with Crippen molar-refractivity contribution in [3.8, 4) is 5.88 Å². The molecule has 1 aromatic heterocycles. The van der Waals surface area contributed by atoms with Crippen molar-refractivity contribution in [2.24, 2.45) is 0 Å². The number of hydrogen-bond acceptors (Lipinski definition) is 4. The van der Waals surface area contributed by atoms with Crippen molar-refractivity contribution in [3.05, 3.63) is 26.4 Å². The van der Waals surface area contributed by atoms with E-state index in [4.69, 9.17) is 0 Å². The van der Waals surface area contributed by atoms with Crippen LogP contribution in [0.3, 0.4) is 0 Å². The first-order chi connectivity index (χ1) is 9.04. The van der Waals surface area contributed by atoms with Crippen molar-refractivity contribution in [1.82, 2.24) is 14.5 Å². The minimum atomic E-state index is -0.525. The second-order valence-electron chi connectivity index (χ2n) is 5.20. The van der Waals surface area contributed by atoms with Crippen molar-refractivity contribution in [3.63, 3.8) is 0 Å². The summed E-state index contributed by atoms with van der Waals surface area (Å²) < 4.78 is 1.29. The molecule has 0 aliphatic carbocycles. The van der Waals surface area contributed by atoms with Gasteiger partial charge in [0, 0.05) is 12.6 Å². The Morgan fingerprint density at radius 2 is 2.16 bits per heavy atom. The number of aromatic amines is 1. The largest absolute Gasteiger partial charge is 0.494 e. The molecular weight excluding hydrogens is 246 g/mol. The fourth-order valence-electron chi connectivity index (χ4n) is 2.67. The van der Waals surface area contributed by atoms with Gasteiger partial charge in [-0.1, -0.05) is 13.3 Å². The third-order valence-corrected chi connectivity index (χ3v) is 3.83. The molecule has 1 atom stereocenters. The van der Waals surface area contributed by atoms with Gasteiger partial charge in [0.15, 0.2) is 0 Å². The van der Waals surface area contributed by atoms with Crippen molar-refractivity contribution in [2.75, 3.05) is 13.6 Å². The summed E-state index contributed by atoms with van der Waals surface area (Å²) in [6.45, 7) is 3.36. The molecule has 2 rings (SSSR count). The van der Waals surface area contributed by atoms with Gasteiger partial charge in [-0.25, -0.2) is 4.79 Å². The Labute approximate surface area is 111 Å². The molecule has 0 saturated carbocycles. The lowest BCUT2D eigenvalue weighted by atomic mass is 10.2. The van der Waals surface area contributed by atoms with Crippen molar-refractivity contribution < 1.29 is 5.11 Å². The summed E-state index contributed by atoms with van der Waals surface area (Å²) in [5, 5.41) is 10.2. The molecule has 0 amide bonds. The number of hydrogen-bond donors (Lipinski definition) is 2. The van der Waals surface area contributed by atoms with Gasteiger partial charge in [-0.2, -0.15) is 0 Å². The van der Waals surface area contributed by atoms with E-state index in [1.54, 1.807) is 0 Å². The van der Waals surface area contributed by atoms with E-state index in [1.165, 1.54) is 4.57 Å². The van der Waals surface area contributed by atoms with Gasteiger partial charge in [0.25, 0.3) is 5.56 Å². The normalized spacial score (nSPS) is 20.0. The van der Waals surface area contributed by atoms with Gasteiger partial charge in [0.1, 0.15) is 0 Å². The van der Waals surface area contributed by atoms with Crippen molar-refractivity contribution >= 4 is 0 Å². The fraction of sp³-hybridized carbons (Fsp3) is 0.692. The molecule has 6 heteroatoms. The number of H-pyrrole nitrogens is 1. The van der Waals surface area contributed by atoms with Crippen LogP contribution >= 0.6 is 0 Å². The Bertz CT molecular complexity index is 561. The van der Waals surface area contributed by atoms with Crippen LogP contribution < -0.4 is 11.2 Å². The van der Waals surface area contributed by atoms with Crippen LogP contribution in [0.15, 0.2) is 9.59 Å². The van der Waals surface area contributed by atoms with Crippen LogP contribution in [-0.4, -0.2) is 39.2 Å². The minimum Gasteiger partial charge on any atom is -0.494 e. The van der Waals surface area contributed by atoms with Gasteiger partial charge in [0.05, 0.1) is 5.56 Å². The van der Waals surface area contributed by atoms with Crippen LogP contribution in [0.4, 0.5) is 0 Å². The second-order valence-corrected chi connectivity index (χ2v) is 5.20. The van der Waals surface area contributed by atoms with Gasteiger partial charge < -0.3 is 10.0 Å². The highest BCUT2D eigenvalue weighted by Crippen LogP contribution is 2.19. The first kappa shape index (κ1) is 13.9. The van der Waals surface area contributed by atoms with Crippen LogP contribution in [-0.2, 0) is 13.0 Å². The lowest BCUT2D eigenvalue weighted by molar-refractivity contribution is 0.265. The molecule has 1 unspecified atom stereocenters. The highest BCUT2D eigenvalue weighted by atomic mass is 16.3. The van der Waals surface area contributed by atoms with E-state index in [0.717, 1.165) is 25.8 Å². The number of likely N-dealkylation sites (N-methyl/N-ethyl adjacent to an activating group) is 1. The number of aromatic nitrogens is 2. The SMILES string of the molecule is CCCc1c(O)n(CC2CCCN2C)c(=O)[nH]c1=O. The van der Waals surface area contributed by atoms with E-state index >= 15 is 0 Å². The molecule has 2 heterocycles. The highest BCUT2D eigenvalue weighted by Gasteiger charge is 2.23. The summed E-state index contributed by atoms with van der Waals surface area (Å²) in [7, 11) is 2.01. The number of aromatic hydroxyl groups is 1. The number of nitrogens with zero attached hydrogens (tertiary/aromatic N) is 2. The molecule has 1 aliphatic heterocycles. The molecule has 0 bridgehead atoms. The van der Waals surface area contributed by atoms with E-state index in [2.05, 4.69) is 9.88 Å². The zero-order chi connectivity index (χ0) is 14.0. The Balaban J connectivity index is 2.36. The summed E-state index contributed by atoms with van der Waals surface area (Å²) in [4.78, 5) is 28.0. The smallest absolute Gasteiger partial charge is 0.331 e. The number of nitrogens with one attached hydrogen (secondary N) is 1. The monoisotopic (exact) mass is 267 g/mol. The highest BCUT2D eigenvalue weighted by molar-refractivity contribution is 5.22. The molecule has 1 fully saturated rings. The topological polar surface area (TPSA) is 78.3 Å². The maximum Gasteiger partial charge on any atom is 0.331 e. The lowest BCUT2D eigenvalue weighted by Gasteiger charge is -2.21. The zero-order valence-electron chi connectivity index (χ0n) is 11.5. The number of rotatable bonds is 4. The quantitative estimate of drug-likeness (QED) is 0.822. The van der Waals surface area contributed by atoms with Crippen molar-refractivity contribution in [1.29, 1.82) is 0 Å².